The van der Waals surface area contributed by atoms with Gasteiger partial charge in [0.05, 0.1) is 0 Å². The van der Waals surface area contributed by atoms with Crippen LogP contribution in [-0.2, 0) is 16.0 Å². The zero-order valence-electron chi connectivity index (χ0n) is 13.4. The standard InChI is InChI=1S/C18H27NO3/c1-2-3-4-5-6-7-8-9-10-15-11-13-16(14-12-15)19-17(20)18(21)22/h11-14H,2-10H2,1H3,(H,19,20)(H,21,22). The minimum Gasteiger partial charge on any atom is -0.474 e. The minimum atomic E-state index is -1.47. The Kier molecular flexibility index (Phi) is 8.96. The van der Waals surface area contributed by atoms with Crippen LogP contribution in [-0.4, -0.2) is 17.0 Å². The molecular weight excluding hydrogens is 278 g/mol. The van der Waals surface area contributed by atoms with E-state index in [0.29, 0.717) is 5.69 Å². The quantitative estimate of drug-likeness (QED) is 0.497. The van der Waals surface area contributed by atoms with E-state index in [2.05, 4.69) is 12.2 Å². The summed E-state index contributed by atoms with van der Waals surface area (Å²) < 4.78 is 0. The molecule has 122 valence electrons. The second-order valence-electron chi connectivity index (χ2n) is 5.68. The van der Waals surface area contributed by atoms with E-state index in [1.807, 2.05) is 12.1 Å². The van der Waals surface area contributed by atoms with Gasteiger partial charge in [0.1, 0.15) is 0 Å². The number of benzene rings is 1. The Morgan fingerprint density at radius 3 is 2.00 bits per heavy atom. The van der Waals surface area contributed by atoms with Gasteiger partial charge in [0, 0.05) is 5.69 Å². The number of aliphatic carboxylic acids is 1. The Hall–Kier alpha value is -1.84. The number of anilines is 1. The summed E-state index contributed by atoms with van der Waals surface area (Å²) in [5.74, 6) is -2.47. The molecule has 0 unspecified atom stereocenters. The van der Waals surface area contributed by atoms with Gasteiger partial charge >= 0.3 is 11.9 Å². The van der Waals surface area contributed by atoms with Gasteiger partial charge in [0.15, 0.2) is 0 Å². The summed E-state index contributed by atoms with van der Waals surface area (Å²) in [6.45, 7) is 2.23. The number of aryl methyl sites for hydroxylation is 1. The lowest BCUT2D eigenvalue weighted by molar-refractivity contribution is -0.147. The maximum atomic E-state index is 11.0. The summed E-state index contributed by atoms with van der Waals surface area (Å²) in [5.41, 5.74) is 1.74. The highest BCUT2D eigenvalue weighted by atomic mass is 16.4. The van der Waals surface area contributed by atoms with Gasteiger partial charge in [-0.15, -0.1) is 0 Å². The van der Waals surface area contributed by atoms with Crippen molar-refractivity contribution in [2.24, 2.45) is 0 Å². The number of carbonyl (C=O) groups excluding carboxylic acids is 1. The molecule has 0 saturated heterocycles. The fraction of sp³-hybridized carbons (Fsp3) is 0.556. The summed E-state index contributed by atoms with van der Waals surface area (Å²) >= 11 is 0. The van der Waals surface area contributed by atoms with Crippen molar-refractivity contribution in [2.75, 3.05) is 5.32 Å². The Bertz CT molecular complexity index is 454. The zero-order chi connectivity index (χ0) is 16.2. The SMILES string of the molecule is CCCCCCCCCCc1ccc(NC(=O)C(=O)O)cc1. The third kappa shape index (κ3) is 7.81. The first-order valence-electron chi connectivity index (χ1n) is 8.26. The van der Waals surface area contributed by atoms with Crippen molar-refractivity contribution in [3.8, 4) is 0 Å². The van der Waals surface area contributed by atoms with Gasteiger partial charge in [-0.2, -0.15) is 0 Å². The van der Waals surface area contributed by atoms with Crippen LogP contribution >= 0.6 is 0 Å². The second-order valence-corrected chi connectivity index (χ2v) is 5.68. The number of carboxylic acids is 1. The van der Waals surface area contributed by atoms with Gasteiger partial charge in [0.2, 0.25) is 0 Å². The molecule has 0 atom stereocenters. The summed E-state index contributed by atoms with van der Waals surface area (Å²) in [4.78, 5) is 21.5. The minimum absolute atomic E-state index is 0.520. The lowest BCUT2D eigenvalue weighted by Crippen LogP contribution is -2.21. The molecule has 0 aliphatic rings. The molecular formula is C18H27NO3. The Morgan fingerprint density at radius 2 is 1.45 bits per heavy atom. The predicted molar refractivity (Wildman–Crippen MR) is 89.0 cm³/mol. The molecule has 0 aliphatic carbocycles. The lowest BCUT2D eigenvalue weighted by atomic mass is 10.0. The van der Waals surface area contributed by atoms with Crippen LogP contribution in [0.4, 0.5) is 5.69 Å². The van der Waals surface area contributed by atoms with Crippen molar-refractivity contribution < 1.29 is 14.7 Å². The van der Waals surface area contributed by atoms with E-state index >= 15 is 0 Å². The molecule has 0 fully saturated rings. The van der Waals surface area contributed by atoms with Gasteiger partial charge in [-0.05, 0) is 30.5 Å². The molecule has 22 heavy (non-hydrogen) atoms. The van der Waals surface area contributed by atoms with Crippen LogP contribution in [0.1, 0.15) is 63.9 Å². The smallest absolute Gasteiger partial charge is 0.394 e. The van der Waals surface area contributed by atoms with Crippen LogP contribution in [0.5, 0.6) is 0 Å². The van der Waals surface area contributed by atoms with E-state index in [9.17, 15) is 9.59 Å². The third-order valence-corrected chi connectivity index (χ3v) is 3.73. The molecule has 0 heterocycles. The lowest BCUT2D eigenvalue weighted by Gasteiger charge is -2.05. The van der Waals surface area contributed by atoms with E-state index in [-0.39, 0.29) is 0 Å². The molecule has 1 aromatic rings. The molecule has 0 spiro atoms. The molecule has 2 N–H and O–H groups in total. The highest BCUT2D eigenvalue weighted by molar-refractivity contribution is 6.36. The second kappa shape index (κ2) is 10.8. The van der Waals surface area contributed by atoms with E-state index in [0.717, 1.165) is 6.42 Å². The number of amides is 1. The number of carboxylic acid groups (broad SMARTS) is 1. The average molecular weight is 305 g/mol. The molecule has 1 aromatic carbocycles. The largest absolute Gasteiger partial charge is 0.474 e. The van der Waals surface area contributed by atoms with E-state index in [1.165, 1.54) is 56.9 Å². The molecule has 0 saturated carbocycles. The van der Waals surface area contributed by atoms with Gasteiger partial charge < -0.3 is 10.4 Å². The van der Waals surface area contributed by atoms with Crippen molar-refractivity contribution in [1.82, 2.24) is 0 Å². The van der Waals surface area contributed by atoms with Crippen molar-refractivity contribution in [2.45, 2.75) is 64.7 Å². The summed E-state index contributed by atoms with van der Waals surface area (Å²) in [6, 6.07) is 7.39. The first-order chi connectivity index (χ1) is 10.6. The topological polar surface area (TPSA) is 66.4 Å². The maximum absolute atomic E-state index is 11.0. The average Bonchev–Trinajstić information content (AvgIpc) is 2.51. The molecule has 1 rings (SSSR count). The highest BCUT2D eigenvalue weighted by Crippen LogP contribution is 2.14. The van der Waals surface area contributed by atoms with E-state index in [1.54, 1.807) is 12.1 Å². The number of rotatable bonds is 10. The fourth-order valence-electron chi connectivity index (χ4n) is 2.40. The van der Waals surface area contributed by atoms with Crippen molar-refractivity contribution in [3.63, 3.8) is 0 Å². The van der Waals surface area contributed by atoms with Gasteiger partial charge in [-0.3, -0.25) is 4.79 Å². The molecule has 1 amide bonds. The number of hydrogen-bond donors (Lipinski definition) is 2. The fourth-order valence-corrected chi connectivity index (χ4v) is 2.40. The molecule has 0 aliphatic heterocycles. The van der Waals surface area contributed by atoms with Crippen LogP contribution in [0.25, 0.3) is 0 Å². The molecule has 0 radical (unpaired) electrons. The number of carbonyl (C=O) groups is 2. The van der Waals surface area contributed by atoms with Gasteiger partial charge in [0.25, 0.3) is 0 Å². The molecule has 0 bridgehead atoms. The first kappa shape index (κ1) is 18.2. The Labute approximate surface area is 132 Å². The zero-order valence-corrected chi connectivity index (χ0v) is 13.4. The summed E-state index contributed by atoms with van der Waals surface area (Å²) in [5, 5.41) is 10.9. The van der Waals surface area contributed by atoms with Crippen molar-refractivity contribution >= 4 is 17.6 Å². The normalized spacial score (nSPS) is 10.4. The Morgan fingerprint density at radius 1 is 0.909 bits per heavy atom. The molecule has 4 nitrogen and oxygen atoms in total. The highest BCUT2D eigenvalue weighted by Gasteiger charge is 2.10. The van der Waals surface area contributed by atoms with Crippen LogP contribution < -0.4 is 5.32 Å². The van der Waals surface area contributed by atoms with Gasteiger partial charge in [-0.25, -0.2) is 4.79 Å². The first-order valence-corrected chi connectivity index (χ1v) is 8.26. The Balaban J connectivity index is 2.16. The van der Waals surface area contributed by atoms with Crippen LogP contribution in [0.3, 0.4) is 0 Å². The molecule has 4 heteroatoms. The molecule has 0 aromatic heterocycles. The van der Waals surface area contributed by atoms with Crippen LogP contribution in [0.2, 0.25) is 0 Å². The third-order valence-electron chi connectivity index (χ3n) is 3.73. The number of nitrogens with one attached hydrogen (secondary N) is 1. The van der Waals surface area contributed by atoms with Crippen LogP contribution in [0.15, 0.2) is 24.3 Å². The van der Waals surface area contributed by atoms with Gasteiger partial charge in [-0.1, -0.05) is 64.0 Å². The maximum Gasteiger partial charge on any atom is 0.394 e. The predicted octanol–water partition coefficient (Wildman–Crippen LogP) is 4.39. The summed E-state index contributed by atoms with van der Waals surface area (Å²) in [6.07, 6.45) is 11.5. The number of hydrogen-bond acceptors (Lipinski definition) is 2. The van der Waals surface area contributed by atoms with Crippen LogP contribution in [0, 0.1) is 0 Å². The van der Waals surface area contributed by atoms with E-state index < -0.39 is 11.9 Å². The summed E-state index contributed by atoms with van der Waals surface area (Å²) in [7, 11) is 0. The van der Waals surface area contributed by atoms with E-state index in [4.69, 9.17) is 5.11 Å². The number of unbranched alkanes of at least 4 members (excludes halogenated alkanes) is 7. The monoisotopic (exact) mass is 305 g/mol. The van der Waals surface area contributed by atoms with Crippen molar-refractivity contribution in [3.05, 3.63) is 29.8 Å². The van der Waals surface area contributed by atoms with Crippen molar-refractivity contribution in [1.29, 1.82) is 0 Å².